The van der Waals surface area contributed by atoms with Crippen molar-refractivity contribution in [2.24, 2.45) is 0 Å². The molecule has 0 fully saturated rings. The molecule has 104 valence electrons. The predicted octanol–water partition coefficient (Wildman–Crippen LogP) is 0.655. The number of hydrogen-bond donors (Lipinski definition) is 4. The molecule has 0 atom stereocenters. The molecule has 1 aromatic carbocycles. The number of rotatable bonds is 3. The largest absolute Gasteiger partial charge is 0.379 e. The number of carbonyl (C=O) groups excluding carboxylic acids is 2. The maximum atomic E-state index is 11.8. The number of urea groups is 1. The van der Waals surface area contributed by atoms with Crippen molar-refractivity contribution in [1.29, 1.82) is 0 Å². The zero-order valence-corrected chi connectivity index (χ0v) is 10.5. The summed E-state index contributed by atoms with van der Waals surface area (Å²) in [5.74, 6) is -0.615. The fraction of sp³-hybridized carbons (Fsp3) is 0.0909. The maximum Gasteiger partial charge on any atom is 0.318 e. The molecule has 1 aromatic heterocycles. The normalized spacial score (nSPS) is 9.85. The Hall–Kier alpha value is -3.10. The highest BCUT2D eigenvalue weighted by Crippen LogP contribution is 2.15. The number of aromatic nitrogens is 2. The molecule has 2 aromatic rings. The van der Waals surface area contributed by atoms with Crippen molar-refractivity contribution in [2.45, 2.75) is 0 Å². The lowest BCUT2D eigenvalue weighted by atomic mass is 10.2. The van der Waals surface area contributed by atoms with Crippen molar-refractivity contribution >= 4 is 29.1 Å². The molecule has 20 heavy (non-hydrogen) atoms. The molecule has 1 heterocycles. The Labute approximate surface area is 113 Å². The summed E-state index contributed by atoms with van der Waals surface area (Å²) in [6, 6.07) is 6.17. The van der Waals surface area contributed by atoms with Crippen LogP contribution >= 0.6 is 0 Å². The smallest absolute Gasteiger partial charge is 0.318 e. The van der Waals surface area contributed by atoms with Gasteiger partial charge in [0.1, 0.15) is 0 Å². The summed E-state index contributed by atoms with van der Waals surface area (Å²) in [7, 11) is 1.51. The Balaban J connectivity index is 2.02. The van der Waals surface area contributed by atoms with E-state index in [-0.39, 0.29) is 17.5 Å². The number of nitrogens with zero attached hydrogens (tertiary/aromatic N) is 2. The van der Waals surface area contributed by atoms with Crippen molar-refractivity contribution in [2.75, 3.05) is 23.4 Å². The first-order chi connectivity index (χ1) is 9.60. The zero-order valence-electron chi connectivity index (χ0n) is 10.5. The SMILES string of the molecule is CNC(=O)Nc1ccc(NC(=O)c2nonc2N)cc1. The number of hydrogen-bond acceptors (Lipinski definition) is 6. The van der Waals surface area contributed by atoms with E-state index in [9.17, 15) is 9.59 Å². The summed E-state index contributed by atoms with van der Waals surface area (Å²) in [6.07, 6.45) is 0. The summed E-state index contributed by atoms with van der Waals surface area (Å²) >= 11 is 0. The summed E-state index contributed by atoms with van der Waals surface area (Å²) < 4.78 is 4.34. The number of nitrogen functional groups attached to an aromatic ring is 1. The molecule has 9 heteroatoms. The molecule has 2 rings (SSSR count). The van der Waals surface area contributed by atoms with E-state index < -0.39 is 5.91 Å². The summed E-state index contributed by atoms with van der Waals surface area (Å²) in [5, 5.41) is 14.3. The van der Waals surface area contributed by atoms with Crippen molar-refractivity contribution in [1.82, 2.24) is 15.6 Å². The molecule has 0 saturated carbocycles. The average molecular weight is 276 g/mol. The molecule has 0 saturated heterocycles. The van der Waals surface area contributed by atoms with Crippen molar-refractivity contribution < 1.29 is 14.2 Å². The first-order valence-corrected chi connectivity index (χ1v) is 5.58. The Morgan fingerprint density at radius 2 is 1.70 bits per heavy atom. The van der Waals surface area contributed by atoms with E-state index >= 15 is 0 Å². The van der Waals surface area contributed by atoms with Crippen LogP contribution < -0.4 is 21.7 Å². The third-order valence-electron chi connectivity index (χ3n) is 2.36. The van der Waals surface area contributed by atoms with Crippen LogP contribution in [0.25, 0.3) is 0 Å². The Morgan fingerprint density at radius 3 is 2.20 bits per heavy atom. The minimum absolute atomic E-state index is 0.0830. The average Bonchev–Trinajstić information content (AvgIpc) is 2.87. The van der Waals surface area contributed by atoms with Gasteiger partial charge in [-0.25, -0.2) is 9.42 Å². The fourth-order valence-corrected chi connectivity index (χ4v) is 1.37. The van der Waals surface area contributed by atoms with Gasteiger partial charge in [0, 0.05) is 18.4 Å². The standard InChI is InChI=1S/C11H12N6O3/c1-13-11(19)15-7-4-2-6(3-5-7)14-10(18)8-9(12)17-20-16-8/h2-5H,1H3,(H2,12,17)(H,14,18)(H2,13,15,19). The monoisotopic (exact) mass is 276 g/mol. The summed E-state index contributed by atoms with van der Waals surface area (Å²) in [4.78, 5) is 22.9. The number of nitrogens with one attached hydrogen (secondary N) is 3. The van der Waals surface area contributed by atoms with Crippen LogP contribution in [0.2, 0.25) is 0 Å². The van der Waals surface area contributed by atoms with Gasteiger partial charge in [-0.3, -0.25) is 4.79 Å². The summed E-state index contributed by atoms with van der Waals surface area (Å²) in [5.41, 5.74) is 6.42. The first kappa shape index (κ1) is 13.3. The van der Waals surface area contributed by atoms with Crippen LogP contribution in [0.4, 0.5) is 22.0 Å². The number of anilines is 3. The van der Waals surface area contributed by atoms with Gasteiger partial charge in [0.25, 0.3) is 5.91 Å². The van der Waals surface area contributed by atoms with Crippen LogP contribution in [0.5, 0.6) is 0 Å². The lowest BCUT2D eigenvalue weighted by Crippen LogP contribution is -2.24. The van der Waals surface area contributed by atoms with E-state index in [1.807, 2.05) is 0 Å². The maximum absolute atomic E-state index is 11.8. The number of carbonyl (C=O) groups is 2. The van der Waals surface area contributed by atoms with Gasteiger partial charge in [0.2, 0.25) is 11.5 Å². The van der Waals surface area contributed by atoms with E-state index in [0.29, 0.717) is 11.4 Å². The number of nitrogens with two attached hydrogens (primary N) is 1. The van der Waals surface area contributed by atoms with Gasteiger partial charge in [0.15, 0.2) is 0 Å². The third-order valence-corrected chi connectivity index (χ3v) is 2.36. The molecule has 0 aliphatic heterocycles. The van der Waals surface area contributed by atoms with E-state index in [2.05, 4.69) is 30.9 Å². The summed E-state index contributed by atoms with van der Waals surface area (Å²) in [6.45, 7) is 0. The highest BCUT2D eigenvalue weighted by Gasteiger charge is 2.15. The first-order valence-electron chi connectivity index (χ1n) is 5.58. The number of amides is 3. The van der Waals surface area contributed by atoms with Gasteiger partial charge in [-0.15, -0.1) is 0 Å². The molecule has 3 amide bonds. The lowest BCUT2D eigenvalue weighted by molar-refractivity contribution is 0.101. The highest BCUT2D eigenvalue weighted by atomic mass is 16.6. The molecule has 0 radical (unpaired) electrons. The van der Waals surface area contributed by atoms with Gasteiger partial charge in [-0.1, -0.05) is 0 Å². The predicted molar refractivity (Wildman–Crippen MR) is 71.2 cm³/mol. The molecular formula is C11H12N6O3. The van der Waals surface area contributed by atoms with E-state index in [1.54, 1.807) is 24.3 Å². The highest BCUT2D eigenvalue weighted by molar-refractivity contribution is 6.05. The van der Waals surface area contributed by atoms with Gasteiger partial charge >= 0.3 is 6.03 Å². The molecule has 0 unspecified atom stereocenters. The molecule has 5 N–H and O–H groups in total. The Bertz CT molecular complexity index is 621. The molecule has 0 spiro atoms. The van der Waals surface area contributed by atoms with E-state index in [1.165, 1.54) is 7.05 Å². The molecule has 0 bridgehead atoms. The second-order valence-electron chi connectivity index (χ2n) is 3.73. The van der Waals surface area contributed by atoms with Crippen LogP contribution in [0.15, 0.2) is 28.9 Å². The van der Waals surface area contributed by atoms with Crippen LogP contribution in [0.1, 0.15) is 10.5 Å². The minimum Gasteiger partial charge on any atom is -0.379 e. The van der Waals surface area contributed by atoms with Crippen LogP contribution in [0, 0.1) is 0 Å². The third kappa shape index (κ3) is 3.02. The van der Waals surface area contributed by atoms with Crippen LogP contribution in [-0.2, 0) is 0 Å². The van der Waals surface area contributed by atoms with Gasteiger partial charge in [-0.05, 0) is 34.6 Å². The van der Waals surface area contributed by atoms with E-state index in [4.69, 9.17) is 5.73 Å². The van der Waals surface area contributed by atoms with Gasteiger partial charge < -0.3 is 21.7 Å². The van der Waals surface area contributed by atoms with Crippen LogP contribution in [-0.4, -0.2) is 29.3 Å². The van der Waals surface area contributed by atoms with Crippen molar-refractivity contribution in [3.05, 3.63) is 30.0 Å². The fourth-order valence-electron chi connectivity index (χ4n) is 1.37. The van der Waals surface area contributed by atoms with Crippen LogP contribution in [0.3, 0.4) is 0 Å². The molecule has 0 aliphatic rings. The van der Waals surface area contributed by atoms with Crippen molar-refractivity contribution in [3.8, 4) is 0 Å². The minimum atomic E-state index is -0.532. The zero-order chi connectivity index (χ0) is 14.5. The Kier molecular flexibility index (Phi) is 3.80. The number of benzene rings is 1. The van der Waals surface area contributed by atoms with Crippen molar-refractivity contribution in [3.63, 3.8) is 0 Å². The van der Waals surface area contributed by atoms with E-state index in [0.717, 1.165) is 0 Å². The lowest BCUT2D eigenvalue weighted by Gasteiger charge is -2.06. The quantitative estimate of drug-likeness (QED) is 0.650. The second kappa shape index (κ2) is 5.69. The molecule has 9 nitrogen and oxygen atoms in total. The Morgan fingerprint density at radius 1 is 1.10 bits per heavy atom. The van der Waals surface area contributed by atoms with Gasteiger partial charge in [-0.2, -0.15) is 0 Å². The topological polar surface area (TPSA) is 135 Å². The molecule has 0 aliphatic carbocycles. The van der Waals surface area contributed by atoms with Gasteiger partial charge in [0.05, 0.1) is 0 Å². The second-order valence-corrected chi connectivity index (χ2v) is 3.73. The molecular weight excluding hydrogens is 264 g/mol.